The van der Waals surface area contributed by atoms with Gasteiger partial charge >= 0.3 is 0 Å². The van der Waals surface area contributed by atoms with E-state index >= 15 is 0 Å². The van der Waals surface area contributed by atoms with Gasteiger partial charge in [0.1, 0.15) is 11.0 Å². The van der Waals surface area contributed by atoms with E-state index in [1.807, 2.05) is 6.92 Å². The van der Waals surface area contributed by atoms with Gasteiger partial charge in [-0.25, -0.2) is 9.97 Å². The van der Waals surface area contributed by atoms with Crippen LogP contribution in [0.25, 0.3) is 0 Å². The highest BCUT2D eigenvalue weighted by molar-refractivity contribution is 6.29. The topological polar surface area (TPSA) is 29.0 Å². The molecule has 0 aliphatic heterocycles. The zero-order valence-electron chi connectivity index (χ0n) is 11.4. The Labute approximate surface area is 109 Å². The van der Waals surface area contributed by atoms with Gasteiger partial charge in [-0.3, -0.25) is 4.90 Å². The normalized spacial score (nSPS) is 13.4. The summed E-state index contributed by atoms with van der Waals surface area (Å²) in [4.78, 5) is 10.9. The van der Waals surface area contributed by atoms with E-state index in [2.05, 4.69) is 42.7 Å². The largest absolute Gasteiger partial charge is 0.296 e. The molecule has 0 aliphatic carbocycles. The second-order valence-corrected chi connectivity index (χ2v) is 5.53. The molecule has 0 N–H and O–H groups in total. The van der Waals surface area contributed by atoms with Crippen molar-refractivity contribution in [3.63, 3.8) is 0 Å². The van der Waals surface area contributed by atoms with Crippen LogP contribution < -0.4 is 0 Å². The second-order valence-electron chi connectivity index (χ2n) is 5.14. The Balaban J connectivity index is 2.63. The highest BCUT2D eigenvalue weighted by Gasteiger charge is 2.13. The summed E-state index contributed by atoms with van der Waals surface area (Å²) >= 11 is 5.93. The van der Waals surface area contributed by atoms with E-state index in [4.69, 9.17) is 11.6 Å². The monoisotopic (exact) mass is 255 g/mol. The average Bonchev–Trinajstić information content (AvgIpc) is 2.14. The molecule has 1 unspecified atom stereocenters. The standard InChI is InChI=1S/C13H22ClN3/c1-9(2)6-11(4)17(5)8-13-15-10(3)7-12(14)16-13/h7,9,11H,6,8H2,1-5H3. The van der Waals surface area contributed by atoms with Crippen molar-refractivity contribution >= 4 is 11.6 Å². The minimum Gasteiger partial charge on any atom is -0.296 e. The Morgan fingerprint density at radius 3 is 2.47 bits per heavy atom. The van der Waals surface area contributed by atoms with Crippen molar-refractivity contribution in [2.24, 2.45) is 5.92 Å². The van der Waals surface area contributed by atoms with Crippen molar-refractivity contribution < 1.29 is 0 Å². The maximum Gasteiger partial charge on any atom is 0.144 e. The van der Waals surface area contributed by atoms with E-state index in [-0.39, 0.29) is 0 Å². The molecule has 0 fully saturated rings. The van der Waals surface area contributed by atoms with Crippen molar-refractivity contribution in [2.45, 2.75) is 46.7 Å². The second kappa shape index (κ2) is 6.31. The SMILES string of the molecule is Cc1cc(Cl)nc(CN(C)C(C)CC(C)C)n1. The van der Waals surface area contributed by atoms with Crippen molar-refractivity contribution in [1.29, 1.82) is 0 Å². The molecule has 0 aromatic carbocycles. The molecule has 1 aromatic rings. The Hall–Kier alpha value is -0.670. The lowest BCUT2D eigenvalue weighted by Gasteiger charge is -2.25. The number of aromatic nitrogens is 2. The molecule has 0 bridgehead atoms. The van der Waals surface area contributed by atoms with Gasteiger partial charge in [0.15, 0.2) is 0 Å². The van der Waals surface area contributed by atoms with Crippen molar-refractivity contribution in [1.82, 2.24) is 14.9 Å². The molecule has 0 aliphatic rings. The van der Waals surface area contributed by atoms with E-state index in [1.54, 1.807) is 6.07 Å². The van der Waals surface area contributed by atoms with Gasteiger partial charge in [0.25, 0.3) is 0 Å². The molecule has 0 saturated heterocycles. The fourth-order valence-electron chi connectivity index (χ4n) is 1.90. The predicted molar refractivity (Wildman–Crippen MR) is 72.2 cm³/mol. The Bertz CT molecular complexity index is 345. The molecule has 4 heteroatoms. The van der Waals surface area contributed by atoms with Crippen molar-refractivity contribution in [3.8, 4) is 0 Å². The van der Waals surface area contributed by atoms with Crippen LogP contribution in [0.5, 0.6) is 0 Å². The quantitative estimate of drug-likeness (QED) is 0.756. The predicted octanol–water partition coefficient (Wildman–Crippen LogP) is 3.30. The molecule has 17 heavy (non-hydrogen) atoms. The molecule has 0 radical (unpaired) electrons. The fourth-order valence-corrected chi connectivity index (χ4v) is 2.16. The van der Waals surface area contributed by atoms with Crippen LogP contribution >= 0.6 is 11.6 Å². The minimum atomic E-state index is 0.525. The van der Waals surface area contributed by atoms with Gasteiger partial charge in [0.05, 0.1) is 6.54 Å². The number of halogens is 1. The number of aryl methyl sites for hydroxylation is 1. The molecule has 1 heterocycles. The fraction of sp³-hybridized carbons (Fsp3) is 0.692. The smallest absolute Gasteiger partial charge is 0.144 e. The van der Waals surface area contributed by atoms with Crippen LogP contribution in [0.15, 0.2) is 6.07 Å². The van der Waals surface area contributed by atoms with Crippen molar-refractivity contribution in [3.05, 3.63) is 22.7 Å². The summed E-state index contributed by atoms with van der Waals surface area (Å²) in [5.41, 5.74) is 0.921. The van der Waals surface area contributed by atoms with E-state index in [0.29, 0.717) is 17.1 Å². The molecule has 1 aromatic heterocycles. The summed E-state index contributed by atoms with van der Waals surface area (Å²) in [5.74, 6) is 1.50. The third kappa shape index (κ3) is 5.00. The Morgan fingerprint density at radius 2 is 1.94 bits per heavy atom. The van der Waals surface area contributed by atoms with Crippen LogP contribution in [-0.2, 0) is 6.54 Å². The first-order valence-corrected chi connectivity index (χ1v) is 6.46. The first kappa shape index (κ1) is 14.4. The summed E-state index contributed by atoms with van der Waals surface area (Å²) in [5, 5.41) is 0.525. The highest BCUT2D eigenvalue weighted by atomic mass is 35.5. The number of hydrogen-bond acceptors (Lipinski definition) is 3. The summed E-state index contributed by atoms with van der Waals surface area (Å²) < 4.78 is 0. The first-order valence-electron chi connectivity index (χ1n) is 6.08. The third-order valence-corrected chi connectivity index (χ3v) is 3.02. The third-order valence-electron chi connectivity index (χ3n) is 2.83. The molecule has 0 amide bonds. The summed E-state index contributed by atoms with van der Waals surface area (Å²) in [7, 11) is 2.10. The first-order chi connectivity index (χ1) is 7.88. The molecule has 1 atom stereocenters. The van der Waals surface area contributed by atoms with Gasteiger partial charge in [-0.05, 0) is 39.3 Å². The average molecular weight is 256 g/mol. The highest BCUT2D eigenvalue weighted by Crippen LogP contribution is 2.13. The van der Waals surface area contributed by atoms with E-state index in [9.17, 15) is 0 Å². The van der Waals surface area contributed by atoms with Gasteiger partial charge in [-0.15, -0.1) is 0 Å². The van der Waals surface area contributed by atoms with Gasteiger partial charge < -0.3 is 0 Å². The zero-order chi connectivity index (χ0) is 13.0. The summed E-state index contributed by atoms with van der Waals surface area (Å²) in [6.07, 6.45) is 1.18. The molecule has 0 saturated carbocycles. The summed E-state index contributed by atoms with van der Waals surface area (Å²) in [6.45, 7) is 9.40. The molecule has 3 nitrogen and oxygen atoms in total. The molecule has 0 spiro atoms. The number of nitrogens with zero attached hydrogens (tertiary/aromatic N) is 3. The maximum absolute atomic E-state index is 5.93. The van der Waals surface area contributed by atoms with Crippen LogP contribution in [-0.4, -0.2) is 28.0 Å². The van der Waals surface area contributed by atoms with E-state index in [1.165, 1.54) is 6.42 Å². The number of rotatable bonds is 5. The zero-order valence-corrected chi connectivity index (χ0v) is 12.1. The molecule has 96 valence electrons. The van der Waals surface area contributed by atoms with Gasteiger partial charge in [-0.2, -0.15) is 0 Å². The Kier molecular flexibility index (Phi) is 5.34. The van der Waals surface area contributed by atoms with Crippen LogP contribution in [0.2, 0.25) is 5.15 Å². The summed E-state index contributed by atoms with van der Waals surface area (Å²) in [6, 6.07) is 2.31. The number of hydrogen-bond donors (Lipinski definition) is 0. The van der Waals surface area contributed by atoms with E-state index < -0.39 is 0 Å². The van der Waals surface area contributed by atoms with E-state index in [0.717, 1.165) is 18.1 Å². The molecular formula is C13H22ClN3. The van der Waals surface area contributed by atoms with Gasteiger partial charge in [-0.1, -0.05) is 25.4 Å². The van der Waals surface area contributed by atoms with Gasteiger partial charge in [0.2, 0.25) is 0 Å². The Morgan fingerprint density at radius 1 is 1.29 bits per heavy atom. The van der Waals surface area contributed by atoms with Crippen LogP contribution in [0, 0.1) is 12.8 Å². The minimum absolute atomic E-state index is 0.525. The lowest BCUT2D eigenvalue weighted by molar-refractivity contribution is 0.215. The molecule has 1 rings (SSSR count). The van der Waals surface area contributed by atoms with Crippen molar-refractivity contribution in [2.75, 3.05) is 7.05 Å². The maximum atomic E-state index is 5.93. The lowest BCUT2D eigenvalue weighted by Crippen LogP contribution is -2.30. The molecular weight excluding hydrogens is 234 g/mol. The van der Waals surface area contributed by atoms with Crippen LogP contribution in [0.1, 0.15) is 38.7 Å². The van der Waals surface area contributed by atoms with Crippen LogP contribution in [0.3, 0.4) is 0 Å². The van der Waals surface area contributed by atoms with Gasteiger partial charge in [0, 0.05) is 11.7 Å². The lowest BCUT2D eigenvalue weighted by atomic mass is 10.0. The van der Waals surface area contributed by atoms with Crippen LogP contribution in [0.4, 0.5) is 0 Å².